The number of piperazine rings is 1. The molecular formula is C17H26ClN3O. The number of anilines is 1. The Hall–Kier alpha value is -1.26. The molecule has 1 N–H and O–H groups in total. The van der Waals surface area contributed by atoms with Gasteiger partial charge in [0.2, 0.25) is 0 Å². The molecule has 5 heteroatoms. The van der Waals surface area contributed by atoms with E-state index in [0.29, 0.717) is 6.04 Å². The first-order valence-corrected chi connectivity index (χ1v) is 8.12. The molecule has 1 amide bonds. The molecule has 122 valence electrons. The van der Waals surface area contributed by atoms with Crippen molar-refractivity contribution in [3.63, 3.8) is 0 Å². The average Bonchev–Trinajstić information content (AvgIpc) is 2.55. The van der Waals surface area contributed by atoms with Crippen molar-refractivity contribution in [1.82, 2.24) is 10.2 Å². The molecule has 1 aromatic rings. The van der Waals surface area contributed by atoms with Crippen LogP contribution in [0.15, 0.2) is 24.3 Å². The molecule has 0 aliphatic carbocycles. The van der Waals surface area contributed by atoms with Crippen LogP contribution in [0.2, 0.25) is 0 Å². The zero-order valence-corrected chi connectivity index (χ0v) is 14.1. The minimum atomic E-state index is 0. The summed E-state index contributed by atoms with van der Waals surface area (Å²) in [7, 11) is 0. The Morgan fingerprint density at radius 3 is 2.41 bits per heavy atom. The van der Waals surface area contributed by atoms with Gasteiger partial charge in [-0.2, -0.15) is 0 Å². The highest BCUT2D eigenvalue weighted by Crippen LogP contribution is 2.20. The van der Waals surface area contributed by atoms with Crippen molar-refractivity contribution in [3.05, 3.63) is 29.8 Å². The standard InChI is InChI=1S/C17H25N3O.ClH/c1-14-13-20(12-9-18-14)17(21)15-5-7-16(8-6-15)19-10-3-2-4-11-19;/h5-8,14,18H,2-4,9-13H2,1H3;1H/t14-;/m1./s1. The maximum Gasteiger partial charge on any atom is 0.253 e. The number of hydrogen-bond donors (Lipinski definition) is 1. The molecule has 0 spiro atoms. The van der Waals surface area contributed by atoms with E-state index < -0.39 is 0 Å². The molecule has 22 heavy (non-hydrogen) atoms. The second-order valence-corrected chi connectivity index (χ2v) is 6.20. The van der Waals surface area contributed by atoms with E-state index in [2.05, 4.69) is 29.3 Å². The SMILES string of the molecule is C[C@@H]1CN(C(=O)c2ccc(N3CCCCC3)cc2)CCN1.Cl. The van der Waals surface area contributed by atoms with Crippen LogP contribution in [0.25, 0.3) is 0 Å². The Morgan fingerprint density at radius 2 is 1.77 bits per heavy atom. The van der Waals surface area contributed by atoms with Crippen molar-refractivity contribution in [2.75, 3.05) is 37.6 Å². The molecule has 1 aromatic carbocycles. The molecule has 4 nitrogen and oxygen atoms in total. The predicted octanol–water partition coefficient (Wildman–Crippen LogP) is 2.53. The molecule has 0 aromatic heterocycles. The number of nitrogens with zero attached hydrogens (tertiary/aromatic N) is 2. The van der Waals surface area contributed by atoms with Crippen LogP contribution in [-0.2, 0) is 0 Å². The van der Waals surface area contributed by atoms with Gasteiger partial charge in [-0.25, -0.2) is 0 Å². The number of carbonyl (C=O) groups is 1. The number of piperidine rings is 1. The van der Waals surface area contributed by atoms with Gasteiger partial charge in [0.15, 0.2) is 0 Å². The van der Waals surface area contributed by atoms with Gasteiger partial charge in [0.25, 0.3) is 5.91 Å². The summed E-state index contributed by atoms with van der Waals surface area (Å²) in [5.74, 6) is 0.161. The summed E-state index contributed by atoms with van der Waals surface area (Å²) in [5, 5.41) is 3.37. The number of hydrogen-bond acceptors (Lipinski definition) is 3. The quantitative estimate of drug-likeness (QED) is 0.908. The fourth-order valence-electron chi connectivity index (χ4n) is 3.27. The highest BCUT2D eigenvalue weighted by molar-refractivity contribution is 5.94. The molecule has 0 radical (unpaired) electrons. The maximum atomic E-state index is 12.5. The summed E-state index contributed by atoms with van der Waals surface area (Å²) in [6, 6.07) is 8.56. The molecule has 2 heterocycles. The first kappa shape index (κ1) is 17.1. The second-order valence-electron chi connectivity index (χ2n) is 6.20. The van der Waals surface area contributed by atoms with Gasteiger partial charge >= 0.3 is 0 Å². The Morgan fingerprint density at radius 1 is 1.09 bits per heavy atom. The van der Waals surface area contributed by atoms with Gasteiger partial charge < -0.3 is 15.1 Å². The summed E-state index contributed by atoms with van der Waals surface area (Å²) < 4.78 is 0. The highest BCUT2D eigenvalue weighted by Gasteiger charge is 2.21. The van der Waals surface area contributed by atoms with E-state index in [9.17, 15) is 4.79 Å². The Kier molecular flexibility index (Phi) is 6.09. The number of carbonyl (C=O) groups excluding carboxylic acids is 1. The monoisotopic (exact) mass is 323 g/mol. The lowest BCUT2D eigenvalue weighted by Gasteiger charge is -2.32. The molecule has 1 atom stereocenters. The van der Waals surface area contributed by atoms with Crippen LogP contribution in [0.5, 0.6) is 0 Å². The zero-order valence-electron chi connectivity index (χ0n) is 13.3. The number of benzene rings is 1. The predicted molar refractivity (Wildman–Crippen MR) is 93.1 cm³/mol. The first-order valence-electron chi connectivity index (χ1n) is 8.12. The van der Waals surface area contributed by atoms with Gasteiger partial charge in [-0.1, -0.05) is 0 Å². The third-order valence-electron chi connectivity index (χ3n) is 4.49. The number of nitrogens with one attached hydrogen (secondary N) is 1. The fourth-order valence-corrected chi connectivity index (χ4v) is 3.27. The first-order chi connectivity index (χ1) is 10.2. The molecule has 2 aliphatic rings. The topological polar surface area (TPSA) is 35.6 Å². The van der Waals surface area contributed by atoms with Gasteiger partial charge in [0, 0.05) is 50.0 Å². The fraction of sp³-hybridized carbons (Fsp3) is 0.588. The van der Waals surface area contributed by atoms with Crippen LogP contribution < -0.4 is 10.2 Å². The van der Waals surface area contributed by atoms with Crippen molar-refractivity contribution in [2.24, 2.45) is 0 Å². The van der Waals surface area contributed by atoms with Crippen molar-refractivity contribution in [1.29, 1.82) is 0 Å². The summed E-state index contributed by atoms with van der Waals surface area (Å²) >= 11 is 0. The van der Waals surface area contributed by atoms with Crippen molar-refractivity contribution < 1.29 is 4.79 Å². The van der Waals surface area contributed by atoms with Crippen LogP contribution >= 0.6 is 12.4 Å². The van der Waals surface area contributed by atoms with E-state index in [0.717, 1.165) is 38.3 Å². The third kappa shape index (κ3) is 3.93. The lowest BCUT2D eigenvalue weighted by Crippen LogP contribution is -2.51. The smallest absolute Gasteiger partial charge is 0.253 e. The van der Waals surface area contributed by atoms with Crippen molar-refractivity contribution in [3.8, 4) is 0 Å². The van der Waals surface area contributed by atoms with E-state index in [1.54, 1.807) is 0 Å². The van der Waals surface area contributed by atoms with Crippen LogP contribution in [0, 0.1) is 0 Å². The van der Waals surface area contributed by atoms with Gasteiger partial charge in [0.05, 0.1) is 0 Å². The lowest BCUT2D eigenvalue weighted by atomic mass is 10.1. The van der Waals surface area contributed by atoms with E-state index in [1.165, 1.54) is 24.9 Å². The molecule has 3 rings (SSSR count). The van der Waals surface area contributed by atoms with Gasteiger partial charge in [-0.05, 0) is 50.5 Å². The Balaban J connectivity index is 0.00000176. The van der Waals surface area contributed by atoms with Crippen LogP contribution in [-0.4, -0.2) is 49.6 Å². The van der Waals surface area contributed by atoms with Crippen LogP contribution in [0.4, 0.5) is 5.69 Å². The van der Waals surface area contributed by atoms with Gasteiger partial charge in [0.1, 0.15) is 0 Å². The molecule has 2 saturated heterocycles. The Bertz CT molecular complexity index is 485. The molecule has 0 unspecified atom stereocenters. The van der Waals surface area contributed by atoms with Crippen LogP contribution in [0.3, 0.4) is 0 Å². The average molecular weight is 324 g/mol. The number of amides is 1. The molecule has 0 bridgehead atoms. The minimum absolute atomic E-state index is 0. The molecule has 2 fully saturated rings. The van der Waals surface area contributed by atoms with E-state index >= 15 is 0 Å². The van der Waals surface area contributed by atoms with Gasteiger partial charge in [-0.15, -0.1) is 12.4 Å². The van der Waals surface area contributed by atoms with E-state index in [4.69, 9.17) is 0 Å². The summed E-state index contributed by atoms with van der Waals surface area (Å²) in [4.78, 5) is 16.9. The Labute approximate surface area is 139 Å². The van der Waals surface area contributed by atoms with E-state index in [-0.39, 0.29) is 18.3 Å². The zero-order chi connectivity index (χ0) is 14.7. The highest BCUT2D eigenvalue weighted by atomic mass is 35.5. The minimum Gasteiger partial charge on any atom is -0.372 e. The summed E-state index contributed by atoms with van der Waals surface area (Å²) in [6.45, 7) is 6.90. The molecule has 2 aliphatic heterocycles. The number of rotatable bonds is 2. The van der Waals surface area contributed by atoms with Gasteiger partial charge in [-0.3, -0.25) is 4.79 Å². The van der Waals surface area contributed by atoms with E-state index in [1.807, 2.05) is 17.0 Å². The third-order valence-corrected chi connectivity index (χ3v) is 4.49. The molecule has 0 saturated carbocycles. The summed E-state index contributed by atoms with van der Waals surface area (Å²) in [5.41, 5.74) is 2.06. The largest absolute Gasteiger partial charge is 0.372 e. The lowest BCUT2D eigenvalue weighted by molar-refractivity contribution is 0.0709. The maximum absolute atomic E-state index is 12.5. The van der Waals surface area contributed by atoms with Crippen LogP contribution in [0.1, 0.15) is 36.5 Å². The molecular weight excluding hydrogens is 298 g/mol. The normalized spacial score (nSPS) is 22.1. The summed E-state index contributed by atoms with van der Waals surface area (Å²) in [6.07, 6.45) is 3.90. The number of halogens is 1. The van der Waals surface area contributed by atoms with Crippen molar-refractivity contribution in [2.45, 2.75) is 32.2 Å². The second kappa shape index (κ2) is 7.84. The van der Waals surface area contributed by atoms with Crippen molar-refractivity contribution >= 4 is 24.0 Å².